The van der Waals surface area contributed by atoms with Crippen LogP contribution in [0.1, 0.15) is 6.92 Å². The average molecular weight is 544 g/mol. The Hall–Kier alpha value is -4.62. The van der Waals surface area contributed by atoms with Crippen LogP contribution >= 0.6 is 0 Å². The first-order valence-corrected chi connectivity index (χ1v) is 11.7. The summed E-state index contributed by atoms with van der Waals surface area (Å²) in [5.41, 5.74) is 0.870. The SMILES string of the molecule is CC(=O)Nc1ccc(O)cc1.COc1ccccc1OCC(O)CO.Cn1c(=O)c2c(ncn2C)n(C)c1=O. The van der Waals surface area contributed by atoms with Gasteiger partial charge in [0, 0.05) is 33.8 Å². The van der Waals surface area contributed by atoms with E-state index in [1.54, 1.807) is 50.0 Å². The Morgan fingerprint density at radius 3 is 2.21 bits per heavy atom. The first kappa shape index (κ1) is 30.6. The van der Waals surface area contributed by atoms with Crippen LogP contribution in [0.5, 0.6) is 17.2 Å². The van der Waals surface area contributed by atoms with Crippen molar-refractivity contribution in [2.24, 2.45) is 21.1 Å². The van der Waals surface area contributed by atoms with E-state index in [0.717, 1.165) is 4.57 Å². The number of aromatic nitrogens is 4. The van der Waals surface area contributed by atoms with Crippen molar-refractivity contribution < 1.29 is 29.6 Å². The Morgan fingerprint density at radius 1 is 1.03 bits per heavy atom. The third-order valence-corrected chi connectivity index (χ3v) is 5.22. The Kier molecular flexibility index (Phi) is 11.3. The molecule has 4 rings (SSSR count). The second-order valence-corrected chi connectivity index (χ2v) is 8.26. The highest BCUT2D eigenvalue weighted by Gasteiger charge is 2.11. The number of rotatable bonds is 6. The summed E-state index contributed by atoms with van der Waals surface area (Å²) < 4.78 is 14.3. The van der Waals surface area contributed by atoms with E-state index >= 15 is 0 Å². The van der Waals surface area contributed by atoms with Gasteiger partial charge in [0.15, 0.2) is 22.7 Å². The summed E-state index contributed by atoms with van der Waals surface area (Å²) in [7, 11) is 6.32. The van der Waals surface area contributed by atoms with E-state index < -0.39 is 6.10 Å². The zero-order chi connectivity index (χ0) is 29.1. The van der Waals surface area contributed by atoms with Gasteiger partial charge < -0.3 is 34.7 Å². The fourth-order valence-electron chi connectivity index (χ4n) is 3.20. The van der Waals surface area contributed by atoms with E-state index in [1.165, 1.54) is 37.0 Å². The standard InChI is InChI=1S/C10H14O4.C8H10N4O2.C8H9NO2/c1-13-9-4-2-3-5-10(9)14-7-8(12)6-11;1-10-4-9-6-5(10)7(13)12(3)8(14)11(6)2;1-6(10)9-7-2-4-8(11)5-3-7/h2-5,8,11-12H,6-7H2,1H3;4H,1-3H3;2-5,11H,1H3,(H,9,10). The summed E-state index contributed by atoms with van der Waals surface area (Å²) in [6.07, 6.45) is 0.658. The lowest BCUT2D eigenvalue weighted by Crippen LogP contribution is -2.37. The summed E-state index contributed by atoms with van der Waals surface area (Å²) in [5, 5.41) is 29.1. The number of nitrogens with one attached hydrogen (secondary N) is 1. The van der Waals surface area contributed by atoms with Gasteiger partial charge in [-0.3, -0.25) is 18.7 Å². The van der Waals surface area contributed by atoms with E-state index in [-0.39, 0.29) is 36.1 Å². The molecule has 13 nitrogen and oxygen atoms in total. The minimum Gasteiger partial charge on any atom is -0.508 e. The summed E-state index contributed by atoms with van der Waals surface area (Å²) >= 11 is 0. The number of anilines is 1. The van der Waals surface area contributed by atoms with Gasteiger partial charge in [-0.1, -0.05) is 12.1 Å². The number of carbonyl (C=O) groups is 1. The van der Waals surface area contributed by atoms with Crippen LogP contribution in [-0.2, 0) is 25.9 Å². The number of carbonyl (C=O) groups excluding carboxylic acids is 1. The second-order valence-electron chi connectivity index (χ2n) is 8.26. The largest absolute Gasteiger partial charge is 0.508 e. The average Bonchev–Trinajstić information content (AvgIpc) is 3.32. The number of hydrogen-bond acceptors (Lipinski definition) is 9. The molecule has 0 aliphatic rings. The number of nitrogens with zero attached hydrogens (tertiary/aromatic N) is 4. The molecule has 0 saturated heterocycles. The van der Waals surface area contributed by atoms with Crippen molar-refractivity contribution in [1.29, 1.82) is 0 Å². The Morgan fingerprint density at radius 2 is 1.64 bits per heavy atom. The van der Waals surface area contributed by atoms with Crippen molar-refractivity contribution in [3.63, 3.8) is 0 Å². The van der Waals surface area contributed by atoms with E-state index in [1.807, 2.05) is 12.1 Å². The molecule has 39 heavy (non-hydrogen) atoms. The molecule has 1 amide bonds. The minimum atomic E-state index is -0.861. The highest BCUT2D eigenvalue weighted by Crippen LogP contribution is 2.25. The third kappa shape index (κ3) is 8.45. The number of amides is 1. The number of benzene rings is 2. The molecule has 2 heterocycles. The Balaban J connectivity index is 0.000000207. The van der Waals surface area contributed by atoms with E-state index in [0.29, 0.717) is 28.4 Å². The van der Waals surface area contributed by atoms with Crippen molar-refractivity contribution in [2.45, 2.75) is 13.0 Å². The molecular formula is C26H33N5O8. The molecule has 2 aromatic heterocycles. The molecule has 1 unspecified atom stereocenters. The number of para-hydroxylation sites is 2. The Bertz CT molecular complexity index is 1490. The van der Waals surface area contributed by atoms with Crippen LogP contribution in [-0.4, -0.2) is 66.3 Å². The summed E-state index contributed by atoms with van der Waals surface area (Å²) in [5.74, 6) is 1.25. The van der Waals surface area contributed by atoms with Crippen molar-refractivity contribution in [3.05, 3.63) is 75.7 Å². The fourth-order valence-corrected chi connectivity index (χ4v) is 3.20. The van der Waals surface area contributed by atoms with Gasteiger partial charge in [-0.25, -0.2) is 9.78 Å². The maximum absolute atomic E-state index is 11.7. The van der Waals surface area contributed by atoms with Gasteiger partial charge in [0.25, 0.3) is 5.56 Å². The van der Waals surface area contributed by atoms with Gasteiger partial charge in [-0.2, -0.15) is 0 Å². The molecule has 210 valence electrons. The highest BCUT2D eigenvalue weighted by molar-refractivity contribution is 5.88. The van der Waals surface area contributed by atoms with Gasteiger partial charge in [0.1, 0.15) is 18.5 Å². The summed E-state index contributed by atoms with van der Waals surface area (Å²) in [6, 6.07) is 13.4. The van der Waals surface area contributed by atoms with Crippen LogP contribution in [0, 0.1) is 0 Å². The monoisotopic (exact) mass is 543 g/mol. The zero-order valence-electron chi connectivity index (χ0n) is 22.4. The lowest BCUT2D eigenvalue weighted by molar-refractivity contribution is -0.114. The van der Waals surface area contributed by atoms with Crippen LogP contribution in [0.4, 0.5) is 5.69 Å². The molecule has 4 N–H and O–H groups in total. The number of phenols is 1. The van der Waals surface area contributed by atoms with E-state index in [4.69, 9.17) is 24.8 Å². The number of ether oxygens (including phenoxy) is 2. The maximum Gasteiger partial charge on any atom is 0.332 e. The summed E-state index contributed by atoms with van der Waals surface area (Å²) in [4.78, 5) is 37.7. The minimum absolute atomic E-state index is 0.0525. The van der Waals surface area contributed by atoms with E-state index in [2.05, 4.69) is 10.3 Å². The molecule has 0 radical (unpaired) electrons. The maximum atomic E-state index is 11.7. The first-order valence-electron chi connectivity index (χ1n) is 11.7. The predicted octanol–water partition coefficient (Wildman–Crippen LogP) is 0.748. The number of aliphatic hydroxyl groups excluding tert-OH is 2. The molecule has 0 fully saturated rings. The molecule has 0 saturated carbocycles. The fraction of sp³-hybridized carbons (Fsp3) is 0.308. The van der Waals surface area contributed by atoms with Gasteiger partial charge in [-0.05, 0) is 36.4 Å². The molecule has 2 aromatic carbocycles. The number of aliphatic hydroxyl groups is 2. The number of phenolic OH excluding ortho intramolecular Hbond substituents is 1. The van der Waals surface area contributed by atoms with Crippen molar-refractivity contribution in [1.82, 2.24) is 18.7 Å². The van der Waals surface area contributed by atoms with Gasteiger partial charge in [-0.15, -0.1) is 0 Å². The van der Waals surface area contributed by atoms with Gasteiger partial charge >= 0.3 is 5.69 Å². The lowest BCUT2D eigenvalue weighted by atomic mass is 10.3. The number of methoxy groups -OCH3 is 1. The first-order chi connectivity index (χ1) is 18.5. The molecule has 1 atom stereocenters. The van der Waals surface area contributed by atoms with Crippen LogP contribution < -0.4 is 26.0 Å². The van der Waals surface area contributed by atoms with Crippen LogP contribution in [0.25, 0.3) is 11.2 Å². The lowest BCUT2D eigenvalue weighted by Gasteiger charge is -2.12. The Labute approximate surface area is 224 Å². The van der Waals surface area contributed by atoms with Crippen molar-refractivity contribution in [3.8, 4) is 17.2 Å². The predicted molar refractivity (Wildman–Crippen MR) is 145 cm³/mol. The number of imidazole rings is 1. The van der Waals surface area contributed by atoms with Crippen LogP contribution in [0.2, 0.25) is 0 Å². The molecule has 4 aromatic rings. The zero-order valence-corrected chi connectivity index (χ0v) is 22.4. The van der Waals surface area contributed by atoms with E-state index in [9.17, 15) is 14.4 Å². The second kappa shape index (κ2) is 14.4. The molecule has 0 bridgehead atoms. The molecule has 0 aliphatic heterocycles. The number of aromatic hydroxyl groups is 1. The smallest absolute Gasteiger partial charge is 0.332 e. The summed E-state index contributed by atoms with van der Waals surface area (Å²) in [6.45, 7) is 1.18. The third-order valence-electron chi connectivity index (χ3n) is 5.22. The van der Waals surface area contributed by atoms with Crippen molar-refractivity contribution >= 4 is 22.8 Å². The highest BCUT2D eigenvalue weighted by atomic mass is 16.5. The van der Waals surface area contributed by atoms with Crippen LogP contribution in [0.3, 0.4) is 0 Å². The van der Waals surface area contributed by atoms with Gasteiger partial charge in [0.05, 0.1) is 20.0 Å². The number of fused-ring (bicyclic) bond motifs is 1. The molecular weight excluding hydrogens is 510 g/mol. The number of hydrogen-bond donors (Lipinski definition) is 4. The quantitative estimate of drug-likeness (QED) is 0.256. The normalized spacial score (nSPS) is 10.9. The van der Waals surface area contributed by atoms with Crippen molar-refractivity contribution in [2.75, 3.05) is 25.6 Å². The molecule has 0 aliphatic carbocycles. The molecule has 0 spiro atoms. The number of aryl methyl sites for hydroxylation is 2. The topological polar surface area (TPSA) is 170 Å². The van der Waals surface area contributed by atoms with Crippen LogP contribution in [0.15, 0.2) is 64.4 Å². The van der Waals surface area contributed by atoms with Gasteiger partial charge in [0.2, 0.25) is 5.91 Å². The molecule has 13 heteroatoms.